The normalized spacial score (nSPS) is 14.3. The van der Waals surface area contributed by atoms with E-state index in [2.05, 4.69) is 4.72 Å². The summed E-state index contributed by atoms with van der Waals surface area (Å²) < 4.78 is 66.4. The van der Waals surface area contributed by atoms with Crippen molar-refractivity contribution in [3.63, 3.8) is 0 Å². The summed E-state index contributed by atoms with van der Waals surface area (Å²) in [7, 11) is -4.17. The average Bonchev–Trinajstić information content (AvgIpc) is 2.73. The van der Waals surface area contributed by atoms with Crippen LogP contribution < -0.4 is 4.72 Å². The van der Waals surface area contributed by atoms with Crippen LogP contribution in [0.1, 0.15) is 22.8 Å². The van der Waals surface area contributed by atoms with E-state index in [1.165, 1.54) is 0 Å². The number of rotatable bonds is 7. The second-order valence-corrected chi connectivity index (χ2v) is 8.51. The highest BCUT2D eigenvalue weighted by Crippen LogP contribution is 2.30. The molecule has 8 heteroatoms. The van der Waals surface area contributed by atoms with Gasteiger partial charge in [-0.1, -0.05) is 60.7 Å². The van der Waals surface area contributed by atoms with Gasteiger partial charge >= 0.3 is 6.18 Å². The molecule has 4 nitrogen and oxygen atoms in total. The van der Waals surface area contributed by atoms with Crippen LogP contribution in [0.3, 0.4) is 0 Å². The molecule has 0 bridgehead atoms. The quantitative estimate of drug-likeness (QED) is 0.581. The summed E-state index contributed by atoms with van der Waals surface area (Å²) in [5.41, 5.74) is 0.382. The maximum Gasteiger partial charge on any atom is 0.416 e. The van der Waals surface area contributed by atoms with Gasteiger partial charge in [0.25, 0.3) is 0 Å². The molecule has 0 radical (unpaired) electrons. The van der Waals surface area contributed by atoms with Crippen LogP contribution in [0.5, 0.6) is 0 Å². The van der Waals surface area contributed by atoms with Crippen molar-refractivity contribution in [1.29, 1.82) is 0 Å². The highest BCUT2D eigenvalue weighted by Gasteiger charge is 2.31. The number of aliphatic hydroxyl groups is 1. The number of sulfonamides is 1. The van der Waals surface area contributed by atoms with E-state index in [1.807, 2.05) is 6.07 Å². The predicted octanol–water partition coefficient (Wildman–Crippen LogP) is 4.33. The maximum atomic E-state index is 12.8. The Labute approximate surface area is 173 Å². The average molecular weight is 435 g/mol. The Balaban J connectivity index is 1.89. The van der Waals surface area contributed by atoms with Gasteiger partial charge in [0.1, 0.15) is 0 Å². The van der Waals surface area contributed by atoms with E-state index in [1.54, 1.807) is 54.6 Å². The molecule has 158 valence electrons. The first-order valence-corrected chi connectivity index (χ1v) is 10.6. The van der Waals surface area contributed by atoms with Gasteiger partial charge in [0, 0.05) is 0 Å². The highest BCUT2D eigenvalue weighted by molar-refractivity contribution is 7.89. The molecule has 3 aromatic carbocycles. The van der Waals surface area contributed by atoms with E-state index in [-0.39, 0.29) is 11.3 Å². The Kier molecular flexibility index (Phi) is 6.60. The fourth-order valence-corrected chi connectivity index (χ4v) is 4.30. The van der Waals surface area contributed by atoms with Gasteiger partial charge in [-0.2, -0.15) is 13.2 Å². The molecule has 3 aromatic rings. The van der Waals surface area contributed by atoms with E-state index in [4.69, 9.17) is 0 Å². The summed E-state index contributed by atoms with van der Waals surface area (Å²) in [5, 5.41) is 10.8. The van der Waals surface area contributed by atoms with Gasteiger partial charge in [-0.25, -0.2) is 13.1 Å². The maximum absolute atomic E-state index is 12.8. The van der Waals surface area contributed by atoms with Crippen LogP contribution >= 0.6 is 0 Å². The minimum Gasteiger partial charge on any atom is -0.387 e. The molecule has 0 heterocycles. The number of hydrogen-bond donors (Lipinski definition) is 2. The third kappa shape index (κ3) is 5.47. The van der Waals surface area contributed by atoms with Crippen molar-refractivity contribution in [3.05, 3.63) is 102 Å². The molecule has 2 atom stereocenters. The van der Waals surface area contributed by atoms with E-state index >= 15 is 0 Å². The first-order valence-electron chi connectivity index (χ1n) is 9.13. The summed E-state index contributed by atoms with van der Waals surface area (Å²) in [6.45, 7) is 0. The molecule has 3 rings (SSSR count). The highest BCUT2D eigenvalue weighted by atomic mass is 32.2. The minimum atomic E-state index is -4.56. The van der Waals surface area contributed by atoms with Gasteiger partial charge in [-0.3, -0.25) is 0 Å². The summed E-state index contributed by atoms with van der Waals surface area (Å²) >= 11 is 0. The van der Waals surface area contributed by atoms with Crippen LogP contribution in [0.15, 0.2) is 89.8 Å². The molecule has 2 N–H and O–H groups in total. The van der Waals surface area contributed by atoms with E-state index < -0.39 is 33.9 Å². The molecule has 0 aliphatic carbocycles. The molecule has 30 heavy (non-hydrogen) atoms. The Morgan fingerprint density at radius 2 is 1.37 bits per heavy atom. The summed E-state index contributed by atoms with van der Waals surface area (Å²) in [5.74, 6) is 0. The van der Waals surface area contributed by atoms with Crippen molar-refractivity contribution < 1.29 is 26.7 Å². The number of halogens is 3. The van der Waals surface area contributed by atoms with Gasteiger partial charge in [0.05, 0.1) is 22.6 Å². The number of hydrogen-bond acceptors (Lipinski definition) is 3. The lowest BCUT2D eigenvalue weighted by molar-refractivity contribution is -0.137. The SMILES string of the molecule is O=S(=O)(N[C@@H](Cc1ccccc1)[C@H](O)c1ccccc1)c1ccc(C(F)(F)F)cc1. The summed E-state index contributed by atoms with van der Waals surface area (Å²) in [4.78, 5) is -0.311. The zero-order valence-electron chi connectivity index (χ0n) is 15.8. The molecule has 0 fully saturated rings. The van der Waals surface area contributed by atoms with Crippen LogP contribution in [-0.4, -0.2) is 19.6 Å². The molecule has 0 spiro atoms. The largest absolute Gasteiger partial charge is 0.416 e. The third-order valence-corrected chi connectivity index (χ3v) is 6.12. The second kappa shape index (κ2) is 8.99. The molecule has 0 aliphatic rings. The van der Waals surface area contributed by atoms with Crippen molar-refractivity contribution in [2.75, 3.05) is 0 Å². The van der Waals surface area contributed by atoms with Gasteiger partial charge in [-0.15, -0.1) is 0 Å². The molecule has 0 unspecified atom stereocenters. The van der Waals surface area contributed by atoms with E-state index in [0.717, 1.165) is 17.7 Å². The minimum absolute atomic E-state index is 0.191. The zero-order chi connectivity index (χ0) is 21.8. The fourth-order valence-electron chi connectivity index (χ4n) is 3.06. The number of nitrogens with one attached hydrogen (secondary N) is 1. The molecule has 0 saturated carbocycles. The van der Waals surface area contributed by atoms with Crippen LogP contribution in [0, 0.1) is 0 Å². The van der Waals surface area contributed by atoms with Crippen LogP contribution in [0.25, 0.3) is 0 Å². The lowest BCUT2D eigenvalue weighted by Gasteiger charge is -2.25. The fraction of sp³-hybridized carbons (Fsp3) is 0.182. The lowest BCUT2D eigenvalue weighted by Crippen LogP contribution is -2.40. The van der Waals surface area contributed by atoms with Gasteiger partial charge in [0.2, 0.25) is 10.0 Å². The first kappa shape index (κ1) is 22.0. The first-order chi connectivity index (χ1) is 14.2. The third-order valence-electron chi connectivity index (χ3n) is 4.62. The van der Waals surface area contributed by atoms with Crippen molar-refractivity contribution in [1.82, 2.24) is 4.72 Å². The number of aliphatic hydroxyl groups excluding tert-OH is 1. The van der Waals surface area contributed by atoms with Crippen LogP contribution in [-0.2, 0) is 22.6 Å². The number of benzene rings is 3. The van der Waals surface area contributed by atoms with E-state index in [0.29, 0.717) is 17.7 Å². The summed E-state index contributed by atoms with van der Waals surface area (Å²) in [6.07, 6.45) is -5.53. The topological polar surface area (TPSA) is 66.4 Å². The molecular formula is C22H20F3NO3S. The molecular weight excluding hydrogens is 415 g/mol. The lowest BCUT2D eigenvalue weighted by atomic mass is 9.97. The Bertz CT molecular complexity index is 1050. The van der Waals surface area contributed by atoms with Gasteiger partial charge in [0.15, 0.2) is 0 Å². The van der Waals surface area contributed by atoms with Gasteiger partial charge < -0.3 is 5.11 Å². The monoisotopic (exact) mass is 435 g/mol. The molecule has 0 saturated heterocycles. The van der Waals surface area contributed by atoms with Crippen LogP contribution in [0.2, 0.25) is 0 Å². The number of alkyl halides is 3. The van der Waals surface area contributed by atoms with Crippen molar-refractivity contribution in [2.24, 2.45) is 0 Å². The van der Waals surface area contributed by atoms with Crippen molar-refractivity contribution in [3.8, 4) is 0 Å². The van der Waals surface area contributed by atoms with Crippen molar-refractivity contribution in [2.45, 2.75) is 29.6 Å². The Morgan fingerprint density at radius 1 is 0.833 bits per heavy atom. The zero-order valence-corrected chi connectivity index (χ0v) is 16.6. The molecule has 0 amide bonds. The Hall–Kier alpha value is -2.68. The predicted molar refractivity (Wildman–Crippen MR) is 107 cm³/mol. The summed E-state index contributed by atoms with van der Waals surface area (Å²) in [6, 6.07) is 19.9. The standard InChI is InChI=1S/C22H20F3NO3S/c23-22(24,25)18-11-13-19(14-12-18)30(28,29)26-20(15-16-7-3-1-4-8-16)21(27)17-9-5-2-6-10-17/h1-14,20-21,26-27H,15H2/t20-,21+/m0/s1. The Morgan fingerprint density at radius 3 is 1.90 bits per heavy atom. The van der Waals surface area contributed by atoms with E-state index in [9.17, 15) is 26.7 Å². The van der Waals surface area contributed by atoms with Crippen LogP contribution in [0.4, 0.5) is 13.2 Å². The smallest absolute Gasteiger partial charge is 0.387 e. The second-order valence-electron chi connectivity index (χ2n) is 6.80. The molecule has 0 aliphatic heterocycles. The van der Waals surface area contributed by atoms with Gasteiger partial charge in [-0.05, 0) is 41.8 Å². The molecule has 0 aromatic heterocycles. The van der Waals surface area contributed by atoms with Crippen molar-refractivity contribution >= 4 is 10.0 Å².